The second-order valence-corrected chi connectivity index (χ2v) is 6.62. The molecule has 2 aliphatic rings. The van der Waals surface area contributed by atoms with Crippen molar-refractivity contribution in [1.82, 2.24) is 4.90 Å². The Kier molecular flexibility index (Phi) is 4.19. The number of anilines is 1. The van der Waals surface area contributed by atoms with E-state index in [1.54, 1.807) is 0 Å². The maximum atomic E-state index is 12.5. The van der Waals surface area contributed by atoms with Gasteiger partial charge >= 0.3 is 0 Å². The van der Waals surface area contributed by atoms with Gasteiger partial charge in [0.25, 0.3) is 0 Å². The summed E-state index contributed by atoms with van der Waals surface area (Å²) in [5, 5.41) is 3.01. The molecular formula is C18H24N2O2. The van der Waals surface area contributed by atoms with E-state index in [0.29, 0.717) is 19.0 Å². The van der Waals surface area contributed by atoms with Gasteiger partial charge in [0, 0.05) is 24.7 Å². The molecule has 1 saturated carbocycles. The molecule has 1 aliphatic carbocycles. The molecular weight excluding hydrogens is 276 g/mol. The Hall–Kier alpha value is -1.84. The monoisotopic (exact) mass is 300 g/mol. The number of hydrogen-bond acceptors (Lipinski definition) is 2. The first kappa shape index (κ1) is 15.1. The van der Waals surface area contributed by atoms with Crippen molar-refractivity contribution in [3.63, 3.8) is 0 Å². The second kappa shape index (κ2) is 6.11. The van der Waals surface area contributed by atoms with E-state index in [1.165, 1.54) is 12.8 Å². The third-order valence-corrected chi connectivity index (χ3v) is 5.16. The van der Waals surface area contributed by atoms with Crippen molar-refractivity contribution >= 4 is 17.5 Å². The summed E-state index contributed by atoms with van der Waals surface area (Å²) in [4.78, 5) is 26.6. The van der Waals surface area contributed by atoms with Gasteiger partial charge in [0.15, 0.2) is 0 Å². The minimum atomic E-state index is -0.215. The van der Waals surface area contributed by atoms with Gasteiger partial charge in [-0.2, -0.15) is 0 Å². The van der Waals surface area contributed by atoms with Crippen molar-refractivity contribution in [3.8, 4) is 0 Å². The van der Waals surface area contributed by atoms with Crippen molar-refractivity contribution in [2.24, 2.45) is 5.92 Å². The normalized spacial score (nSPS) is 22.4. The molecule has 1 atom stereocenters. The summed E-state index contributed by atoms with van der Waals surface area (Å²) >= 11 is 0. The lowest BCUT2D eigenvalue weighted by Crippen LogP contribution is -2.35. The summed E-state index contributed by atoms with van der Waals surface area (Å²) in [5.41, 5.74) is 3.11. The zero-order valence-electron chi connectivity index (χ0n) is 13.4. The Morgan fingerprint density at radius 1 is 1.23 bits per heavy atom. The van der Waals surface area contributed by atoms with Crippen LogP contribution in [0.2, 0.25) is 0 Å². The van der Waals surface area contributed by atoms with Crippen LogP contribution in [0.1, 0.15) is 43.2 Å². The Balaban J connectivity index is 1.66. The van der Waals surface area contributed by atoms with Crippen LogP contribution >= 0.6 is 0 Å². The van der Waals surface area contributed by atoms with E-state index >= 15 is 0 Å². The van der Waals surface area contributed by atoms with E-state index in [-0.39, 0.29) is 17.7 Å². The van der Waals surface area contributed by atoms with Gasteiger partial charge in [-0.1, -0.05) is 25.0 Å². The molecule has 0 radical (unpaired) electrons. The zero-order valence-corrected chi connectivity index (χ0v) is 13.4. The number of benzene rings is 1. The average molecular weight is 300 g/mol. The maximum Gasteiger partial charge on any atom is 0.229 e. The highest BCUT2D eigenvalue weighted by Gasteiger charge is 2.38. The number of nitrogens with zero attached hydrogens (tertiary/aromatic N) is 1. The molecule has 3 rings (SSSR count). The molecule has 1 N–H and O–H groups in total. The largest absolute Gasteiger partial charge is 0.339 e. The van der Waals surface area contributed by atoms with Gasteiger partial charge in [0.1, 0.15) is 0 Å². The number of rotatable bonds is 3. The average Bonchev–Trinajstić information content (AvgIpc) is 3.12. The lowest BCUT2D eigenvalue weighted by Gasteiger charge is -2.24. The predicted molar refractivity (Wildman–Crippen MR) is 86.6 cm³/mol. The van der Waals surface area contributed by atoms with E-state index in [9.17, 15) is 9.59 Å². The predicted octanol–water partition coefficient (Wildman–Crippen LogP) is 3.03. The van der Waals surface area contributed by atoms with Gasteiger partial charge in [-0.05, 0) is 43.9 Å². The fourth-order valence-corrected chi connectivity index (χ4v) is 3.60. The van der Waals surface area contributed by atoms with Crippen molar-refractivity contribution in [1.29, 1.82) is 0 Å². The fraction of sp³-hybridized carbons (Fsp3) is 0.556. The number of hydrogen-bond donors (Lipinski definition) is 1. The molecule has 1 aromatic rings. The van der Waals surface area contributed by atoms with Crippen LogP contribution < -0.4 is 5.32 Å². The highest BCUT2D eigenvalue weighted by molar-refractivity contribution is 5.97. The van der Waals surface area contributed by atoms with E-state index in [4.69, 9.17) is 0 Å². The molecule has 1 aromatic carbocycles. The summed E-state index contributed by atoms with van der Waals surface area (Å²) < 4.78 is 0. The summed E-state index contributed by atoms with van der Waals surface area (Å²) in [6.45, 7) is 4.63. The number of carbonyl (C=O) groups excluding carboxylic acids is 2. The molecule has 2 amide bonds. The van der Waals surface area contributed by atoms with E-state index in [0.717, 1.165) is 29.7 Å². The number of nitrogens with one attached hydrogen (secondary N) is 1. The van der Waals surface area contributed by atoms with Crippen LogP contribution in [-0.4, -0.2) is 29.3 Å². The molecule has 1 aliphatic heterocycles. The molecule has 4 heteroatoms. The lowest BCUT2D eigenvalue weighted by molar-refractivity contribution is -0.129. The number of aryl methyl sites for hydroxylation is 1. The van der Waals surface area contributed by atoms with Crippen LogP contribution in [0.25, 0.3) is 0 Å². The Bertz CT molecular complexity index is 591. The first-order chi connectivity index (χ1) is 10.6. The number of carbonyl (C=O) groups is 2. The quantitative estimate of drug-likeness (QED) is 0.933. The Morgan fingerprint density at radius 2 is 1.95 bits per heavy atom. The molecule has 1 unspecified atom stereocenters. The van der Waals surface area contributed by atoms with E-state index < -0.39 is 0 Å². The molecule has 22 heavy (non-hydrogen) atoms. The molecule has 0 aromatic heterocycles. The van der Waals surface area contributed by atoms with Gasteiger partial charge < -0.3 is 10.2 Å². The van der Waals surface area contributed by atoms with Crippen molar-refractivity contribution in [2.45, 2.75) is 52.0 Å². The van der Waals surface area contributed by atoms with Crippen LogP contribution in [-0.2, 0) is 9.59 Å². The first-order valence-corrected chi connectivity index (χ1v) is 8.23. The minimum Gasteiger partial charge on any atom is -0.339 e. The first-order valence-electron chi connectivity index (χ1n) is 8.23. The zero-order chi connectivity index (χ0) is 15.7. The molecule has 1 heterocycles. The van der Waals surface area contributed by atoms with Crippen LogP contribution in [0.4, 0.5) is 5.69 Å². The molecule has 4 nitrogen and oxygen atoms in total. The highest BCUT2D eigenvalue weighted by atomic mass is 16.2. The molecule has 118 valence electrons. The van der Waals surface area contributed by atoms with Gasteiger partial charge in [-0.25, -0.2) is 0 Å². The van der Waals surface area contributed by atoms with Gasteiger partial charge in [-0.15, -0.1) is 0 Å². The minimum absolute atomic E-state index is 0.0254. The third-order valence-electron chi connectivity index (χ3n) is 5.16. The Labute approximate surface area is 131 Å². The molecule has 2 fully saturated rings. The van der Waals surface area contributed by atoms with E-state index in [1.807, 2.05) is 36.9 Å². The smallest absolute Gasteiger partial charge is 0.229 e. The molecule has 1 saturated heterocycles. The lowest BCUT2D eigenvalue weighted by atomic mass is 10.1. The van der Waals surface area contributed by atoms with Gasteiger partial charge in [0.2, 0.25) is 11.8 Å². The van der Waals surface area contributed by atoms with Crippen LogP contribution in [0.3, 0.4) is 0 Å². The molecule has 0 bridgehead atoms. The summed E-state index contributed by atoms with van der Waals surface area (Å²) in [6, 6.07) is 6.27. The fourth-order valence-electron chi connectivity index (χ4n) is 3.60. The number of amides is 2. The maximum absolute atomic E-state index is 12.5. The third kappa shape index (κ3) is 2.87. The summed E-state index contributed by atoms with van der Waals surface area (Å²) in [7, 11) is 0. The standard InChI is InChI=1S/C18H24N2O2/c1-12-6-5-9-16(13(12)2)19-18(22)14-10-17(21)20(11-14)15-7-3-4-8-15/h5-6,9,14-15H,3-4,7-8,10-11H2,1-2H3,(H,19,22). The van der Waals surface area contributed by atoms with Crippen LogP contribution in [0, 0.1) is 19.8 Å². The highest BCUT2D eigenvalue weighted by Crippen LogP contribution is 2.30. The summed E-state index contributed by atoms with van der Waals surface area (Å²) in [6.07, 6.45) is 4.95. The second-order valence-electron chi connectivity index (χ2n) is 6.62. The van der Waals surface area contributed by atoms with Gasteiger partial charge in [-0.3, -0.25) is 9.59 Å². The topological polar surface area (TPSA) is 49.4 Å². The van der Waals surface area contributed by atoms with E-state index in [2.05, 4.69) is 5.32 Å². The number of likely N-dealkylation sites (tertiary alicyclic amines) is 1. The van der Waals surface area contributed by atoms with Crippen LogP contribution in [0.15, 0.2) is 18.2 Å². The molecule has 0 spiro atoms. The summed E-state index contributed by atoms with van der Waals surface area (Å²) in [5.74, 6) is -0.0939. The van der Waals surface area contributed by atoms with Crippen molar-refractivity contribution < 1.29 is 9.59 Å². The van der Waals surface area contributed by atoms with Crippen LogP contribution in [0.5, 0.6) is 0 Å². The van der Waals surface area contributed by atoms with Crippen molar-refractivity contribution in [3.05, 3.63) is 29.3 Å². The SMILES string of the molecule is Cc1cccc(NC(=O)C2CC(=O)N(C3CCCC3)C2)c1C. The van der Waals surface area contributed by atoms with Crippen molar-refractivity contribution in [2.75, 3.05) is 11.9 Å². The Morgan fingerprint density at radius 3 is 2.68 bits per heavy atom. The van der Waals surface area contributed by atoms with Gasteiger partial charge in [0.05, 0.1) is 5.92 Å².